The summed E-state index contributed by atoms with van der Waals surface area (Å²) in [6, 6.07) is 0. The Balaban J connectivity index is 1.36. The third kappa shape index (κ3) is 3.70. The van der Waals surface area contributed by atoms with Gasteiger partial charge >= 0.3 is 0 Å². The molecule has 0 aliphatic carbocycles. The van der Waals surface area contributed by atoms with E-state index in [1.54, 1.807) is 11.3 Å². The molecule has 0 N–H and O–H groups in total. The fourth-order valence-electron chi connectivity index (χ4n) is 2.89. The highest BCUT2D eigenvalue weighted by Crippen LogP contribution is 2.23. The summed E-state index contributed by atoms with van der Waals surface area (Å²) in [4.78, 5) is 11.4. The molecule has 7 nitrogen and oxygen atoms in total. The first kappa shape index (κ1) is 15.0. The fraction of sp³-hybridized carbons (Fsp3) is 0.667. The lowest BCUT2D eigenvalue weighted by Crippen LogP contribution is -2.36. The van der Waals surface area contributed by atoms with Crippen molar-refractivity contribution < 1.29 is 14.0 Å². The highest BCUT2D eigenvalue weighted by Gasteiger charge is 2.20. The average Bonchev–Trinajstić information content (AvgIpc) is 3.32. The van der Waals surface area contributed by atoms with E-state index in [-0.39, 0.29) is 6.10 Å². The Labute approximate surface area is 138 Å². The Morgan fingerprint density at radius 1 is 1.22 bits per heavy atom. The summed E-state index contributed by atoms with van der Waals surface area (Å²) < 4.78 is 16.3. The van der Waals surface area contributed by atoms with Crippen molar-refractivity contribution in [2.75, 3.05) is 37.8 Å². The number of hydrogen-bond donors (Lipinski definition) is 0. The van der Waals surface area contributed by atoms with E-state index < -0.39 is 0 Å². The minimum absolute atomic E-state index is 0.243. The van der Waals surface area contributed by atoms with Crippen molar-refractivity contribution in [2.24, 2.45) is 0 Å². The summed E-state index contributed by atoms with van der Waals surface area (Å²) in [5.74, 6) is 1.35. The molecule has 23 heavy (non-hydrogen) atoms. The molecule has 124 valence electrons. The van der Waals surface area contributed by atoms with E-state index in [0.717, 1.165) is 68.8 Å². The monoisotopic (exact) mass is 336 g/mol. The number of rotatable bonds is 5. The largest absolute Gasteiger partial charge is 0.378 e. The second kappa shape index (κ2) is 6.94. The molecule has 0 radical (unpaired) electrons. The number of aromatic nitrogens is 3. The molecule has 4 heterocycles. The first-order valence-corrected chi connectivity index (χ1v) is 8.95. The zero-order valence-corrected chi connectivity index (χ0v) is 13.8. The lowest BCUT2D eigenvalue weighted by atomic mass is 10.2. The SMILES string of the molecule is c1sc(N2CCOCC2)nc1Cc1nc(CC2CCCO2)no1. The Morgan fingerprint density at radius 3 is 2.96 bits per heavy atom. The third-order valence-corrected chi connectivity index (χ3v) is 5.05. The minimum atomic E-state index is 0.243. The van der Waals surface area contributed by atoms with Crippen LogP contribution in [-0.4, -0.2) is 54.1 Å². The van der Waals surface area contributed by atoms with Gasteiger partial charge in [-0.15, -0.1) is 11.3 Å². The van der Waals surface area contributed by atoms with Crippen LogP contribution in [0.4, 0.5) is 5.13 Å². The third-order valence-electron chi connectivity index (χ3n) is 4.10. The van der Waals surface area contributed by atoms with E-state index in [1.807, 2.05) is 0 Å². The van der Waals surface area contributed by atoms with E-state index in [4.69, 9.17) is 14.0 Å². The van der Waals surface area contributed by atoms with Crippen LogP contribution in [0.1, 0.15) is 30.3 Å². The van der Waals surface area contributed by atoms with Gasteiger partial charge in [0.05, 0.1) is 31.4 Å². The van der Waals surface area contributed by atoms with Gasteiger partial charge in [-0.25, -0.2) is 4.98 Å². The predicted molar refractivity (Wildman–Crippen MR) is 84.9 cm³/mol. The number of morpholine rings is 1. The molecule has 1 unspecified atom stereocenters. The highest BCUT2D eigenvalue weighted by atomic mass is 32.1. The van der Waals surface area contributed by atoms with Crippen LogP contribution in [0.2, 0.25) is 0 Å². The summed E-state index contributed by atoms with van der Waals surface area (Å²) in [6.07, 6.45) is 3.77. The number of anilines is 1. The highest BCUT2D eigenvalue weighted by molar-refractivity contribution is 7.13. The summed E-state index contributed by atoms with van der Waals surface area (Å²) in [6.45, 7) is 4.19. The molecule has 1 atom stereocenters. The van der Waals surface area contributed by atoms with Crippen molar-refractivity contribution in [3.8, 4) is 0 Å². The molecular formula is C15H20N4O3S. The molecule has 0 amide bonds. The number of hydrogen-bond acceptors (Lipinski definition) is 8. The van der Waals surface area contributed by atoms with Crippen LogP contribution < -0.4 is 4.90 Å². The van der Waals surface area contributed by atoms with Gasteiger partial charge in [0.1, 0.15) is 0 Å². The molecule has 4 rings (SSSR count). The van der Waals surface area contributed by atoms with Crippen molar-refractivity contribution in [1.82, 2.24) is 15.1 Å². The molecule has 0 bridgehead atoms. The number of ether oxygens (including phenoxy) is 2. The summed E-state index contributed by atoms with van der Waals surface area (Å²) in [5, 5.41) is 7.16. The quantitative estimate of drug-likeness (QED) is 0.822. The van der Waals surface area contributed by atoms with E-state index in [1.165, 1.54) is 0 Å². The van der Waals surface area contributed by atoms with E-state index in [2.05, 4.69) is 25.4 Å². The molecule has 2 aromatic heterocycles. The van der Waals surface area contributed by atoms with Crippen molar-refractivity contribution in [3.05, 3.63) is 22.8 Å². The minimum Gasteiger partial charge on any atom is -0.378 e. The molecule has 0 spiro atoms. The first-order chi connectivity index (χ1) is 11.4. The van der Waals surface area contributed by atoms with Crippen LogP contribution in [0.5, 0.6) is 0 Å². The predicted octanol–water partition coefficient (Wildman–Crippen LogP) is 1.67. The van der Waals surface area contributed by atoms with Gasteiger partial charge in [-0.1, -0.05) is 5.16 Å². The van der Waals surface area contributed by atoms with Gasteiger partial charge in [-0.05, 0) is 12.8 Å². The fourth-order valence-corrected chi connectivity index (χ4v) is 3.77. The maximum Gasteiger partial charge on any atom is 0.232 e. The van der Waals surface area contributed by atoms with Gasteiger partial charge in [0.15, 0.2) is 11.0 Å². The Kier molecular flexibility index (Phi) is 4.54. The standard InChI is InChI=1S/C15H20N4O3S/c1-2-12(21-5-1)9-13-17-14(22-18-13)8-11-10-23-15(16-11)19-3-6-20-7-4-19/h10,12H,1-9H2. The lowest BCUT2D eigenvalue weighted by Gasteiger charge is -2.25. The van der Waals surface area contributed by atoms with Gasteiger partial charge in [0.2, 0.25) is 5.89 Å². The van der Waals surface area contributed by atoms with Crippen LogP contribution in [-0.2, 0) is 22.3 Å². The van der Waals surface area contributed by atoms with Crippen LogP contribution in [0.25, 0.3) is 0 Å². The topological polar surface area (TPSA) is 73.5 Å². The van der Waals surface area contributed by atoms with Crippen molar-refractivity contribution in [3.63, 3.8) is 0 Å². The maximum atomic E-state index is 5.61. The second-order valence-corrected chi connectivity index (χ2v) is 6.68. The Hall–Kier alpha value is -1.51. The molecule has 2 saturated heterocycles. The van der Waals surface area contributed by atoms with Gasteiger partial charge < -0.3 is 18.9 Å². The van der Waals surface area contributed by atoms with Crippen LogP contribution in [0, 0.1) is 0 Å². The second-order valence-electron chi connectivity index (χ2n) is 5.84. The molecule has 2 aliphatic heterocycles. The van der Waals surface area contributed by atoms with E-state index in [9.17, 15) is 0 Å². The van der Waals surface area contributed by atoms with Crippen molar-refractivity contribution in [2.45, 2.75) is 31.8 Å². The van der Waals surface area contributed by atoms with Crippen molar-refractivity contribution in [1.29, 1.82) is 0 Å². The van der Waals surface area contributed by atoms with Gasteiger partial charge in [0.25, 0.3) is 0 Å². The molecule has 2 aromatic rings. The van der Waals surface area contributed by atoms with Gasteiger partial charge in [-0.3, -0.25) is 0 Å². The summed E-state index contributed by atoms with van der Waals surface area (Å²) in [7, 11) is 0. The smallest absolute Gasteiger partial charge is 0.232 e. The normalized spacial score (nSPS) is 21.9. The number of thiazole rings is 1. The average molecular weight is 336 g/mol. The molecule has 8 heteroatoms. The zero-order chi connectivity index (χ0) is 15.5. The summed E-state index contributed by atoms with van der Waals surface area (Å²) in [5.41, 5.74) is 0.976. The van der Waals surface area contributed by atoms with Gasteiger partial charge in [-0.2, -0.15) is 4.98 Å². The first-order valence-electron chi connectivity index (χ1n) is 8.07. The van der Waals surface area contributed by atoms with Gasteiger partial charge in [0, 0.05) is 31.5 Å². The molecule has 2 aliphatic rings. The molecular weight excluding hydrogens is 316 g/mol. The number of nitrogens with zero attached hydrogens (tertiary/aromatic N) is 4. The Morgan fingerprint density at radius 2 is 2.13 bits per heavy atom. The van der Waals surface area contributed by atoms with Crippen LogP contribution in [0.15, 0.2) is 9.90 Å². The van der Waals surface area contributed by atoms with Crippen molar-refractivity contribution >= 4 is 16.5 Å². The van der Waals surface area contributed by atoms with E-state index in [0.29, 0.717) is 12.3 Å². The Bertz CT molecular complexity index is 632. The zero-order valence-electron chi connectivity index (χ0n) is 12.9. The van der Waals surface area contributed by atoms with Crippen LogP contribution >= 0.6 is 11.3 Å². The maximum absolute atomic E-state index is 5.61. The summed E-state index contributed by atoms with van der Waals surface area (Å²) >= 11 is 1.66. The molecule has 2 fully saturated rings. The van der Waals surface area contributed by atoms with Crippen LogP contribution in [0.3, 0.4) is 0 Å². The van der Waals surface area contributed by atoms with E-state index >= 15 is 0 Å². The molecule has 0 aromatic carbocycles. The molecule has 0 saturated carbocycles. The lowest BCUT2D eigenvalue weighted by molar-refractivity contribution is 0.109.